The number of nitrogens with zero attached hydrogens (tertiary/aromatic N) is 3. The topological polar surface area (TPSA) is 198 Å². The second-order valence-corrected chi connectivity index (χ2v) is 13.3. The first kappa shape index (κ1) is 35.4. The predicted octanol–water partition coefficient (Wildman–Crippen LogP) is 7.26. The molecule has 13 heteroatoms. The van der Waals surface area contributed by atoms with E-state index in [1.165, 1.54) is 12.1 Å². The minimum atomic E-state index is -0.345. The summed E-state index contributed by atoms with van der Waals surface area (Å²) < 4.78 is 29.0. The molecule has 9 aromatic rings. The van der Waals surface area contributed by atoms with Crippen molar-refractivity contribution in [2.75, 3.05) is 17.2 Å². The summed E-state index contributed by atoms with van der Waals surface area (Å²) in [6.45, 7) is 0. The summed E-state index contributed by atoms with van der Waals surface area (Å²) in [4.78, 5) is 31.1. The lowest BCUT2D eigenvalue weighted by atomic mass is 9.98. The van der Waals surface area contributed by atoms with Crippen LogP contribution in [0.25, 0.3) is 54.8 Å². The molecule has 0 spiro atoms. The highest BCUT2D eigenvalue weighted by atomic mass is 19.1. The third-order valence-corrected chi connectivity index (χ3v) is 9.56. The van der Waals surface area contributed by atoms with E-state index in [0.29, 0.717) is 57.6 Å². The number of hydrogen-bond donors (Lipinski definition) is 6. The number of nitrogens with two attached hydrogens (primary N) is 3. The van der Waals surface area contributed by atoms with Crippen LogP contribution in [-0.4, -0.2) is 30.4 Å². The fraction of sp³-hybridized carbons (Fsp3) is 0.0465. The van der Waals surface area contributed by atoms with Gasteiger partial charge in [0.15, 0.2) is 5.95 Å². The number of fused-ring (bicyclic) bond motifs is 3. The minimum Gasteiger partial charge on any atom is -0.397 e. The van der Waals surface area contributed by atoms with Crippen LogP contribution in [0.2, 0.25) is 0 Å². The first-order valence-electron chi connectivity index (χ1n) is 17.5. The summed E-state index contributed by atoms with van der Waals surface area (Å²) >= 11 is 0. The molecule has 0 aliphatic carbocycles. The highest BCUT2D eigenvalue weighted by Gasteiger charge is 2.14. The molecule has 0 bridgehead atoms. The molecule has 9 rings (SSSR count). The van der Waals surface area contributed by atoms with E-state index in [2.05, 4.69) is 30.4 Å². The Labute approximate surface area is 316 Å². The number of nitrogens with one attached hydrogen (secondary N) is 3. The van der Waals surface area contributed by atoms with Crippen molar-refractivity contribution in [3.63, 3.8) is 0 Å². The Morgan fingerprint density at radius 1 is 0.536 bits per heavy atom. The Hall–Kier alpha value is -7.67. The molecular weight excluding hydrogens is 713 g/mol. The van der Waals surface area contributed by atoms with E-state index in [-0.39, 0.29) is 22.8 Å². The van der Waals surface area contributed by atoms with Crippen molar-refractivity contribution in [2.45, 2.75) is 12.8 Å². The molecule has 11 nitrogen and oxygen atoms in total. The summed E-state index contributed by atoms with van der Waals surface area (Å²) in [5.41, 5.74) is 24.7. The maximum atomic E-state index is 14.6. The summed E-state index contributed by atoms with van der Waals surface area (Å²) in [5.74, 6) is -0.343. The summed E-state index contributed by atoms with van der Waals surface area (Å²) in [6.07, 6.45) is 0.916. The van der Waals surface area contributed by atoms with Crippen LogP contribution in [0.15, 0.2) is 131 Å². The summed E-state index contributed by atoms with van der Waals surface area (Å²) in [7, 11) is 0. The molecule has 276 valence electrons. The van der Waals surface area contributed by atoms with Crippen LogP contribution in [0, 0.1) is 11.6 Å². The van der Waals surface area contributed by atoms with Crippen LogP contribution < -0.4 is 28.3 Å². The number of anilines is 3. The molecule has 0 saturated carbocycles. The Bertz CT molecular complexity index is 3060. The maximum Gasteiger partial charge on any atom is 0.272 e. The smallest absolute Gasteiger partial charge is 0.272 e. The Balaban J connectivity index is 0.000000158. The van der Waals surface area contributed by atoms with E-state index in [9.17, 15) is 18.4 Å². The second kappa shape index (κ2) is 14.6. The number of nitrogen functional groups attached to an aromatic ring is 3. The third kappa shape index (κ3) is 7.03. The fourth-order valence-electron chi connectivity index (χ4n) is 6.75. The molecule has 6 aromatic carbocycles. The Kier molecular flexibility index (Phi) is 9.24. The third-order valence-electron chi connectivity index (χ3n) is 9.56. The van der Waals surface area contributed by atoms with Gasteiger partial charge >= 0.3 is 0 Å². The van der Waals surface area contributed by atoms with E-state index in [0.717, 1.165) is 49.9 Å². The molecule has 3 heterocycles. The van der Waals surface area contributed by atoms with Gasteiger partial charge < -0.3 is 22.2 Å². The molecule has 0 amide bonds. The molecule has 0 aliphatic heterocycles. The summed E-state index contributed by atoms with van der Waals surface area (Å²) in [6, 6.07) is 35.0. The largest absolute Gasteiger partial charge is 0.397 e. The van der Waals surface area contributed by atoms with Crippen molar-refractivity contribution in [1.82, 2.24) is 30.4 Å². The van der Waals surface area contributed by atoms with Gasteiger partial charge in [0.1, 0.15) is 11.6 Å². The van der Waals surface area contributed by atoms with Crippen molar-refractivity contribution in [2.24, 2.45) is 0 Å². The lowest BCUT2D eigenvalue weighted by molar-refractivity contribution is 0.630. The number of aromatic nitrogens is 6. The number of imidazole rings is 1. The molecule has 0 aliphatic rings. The molecule has 0 saturated heterocycles. The lowest BCUT2D eigenvalue weighted by Gasteiger charge is -2.10. The van der Waals surface area contributed by atoms with Crippen LogP contribution in [-0.2, 0) is 12.8 Å². The van der Waals surface area contributed by atoms with Gasteiger partial charge in [-0.25, -0.2) is 24.0 Å². The number of aromatic amines is 3. The monoisotopic (exact) mass is 745 g/mol. The molecule has 0 unspecified atom stereocenters. The van der Waals surface area contributed by atoms with Gasteiger partial charge in [0.05, 0.1) is 44.6 Å². The molecule has 56 heavy (non-hydrogen) atoms. The number of H-pyrrole nitrogens is 3. The zero-order valence-electron chi connectivity index (χ0n) is 29.6. The highest BCUT2D eigenvalue weighted by molar-refractivity contribution is 5.86. The zero-order chi connectivity index (χ0) is 38.9. The second-order valence-electron chi connectivity index (χ2n) is 13.3. The van der Waals surface area contributed by atoms with E-state index >= 15 is 0 Å². The van der Waals surface area contributed by atoms with E-state index in [1.807, 2.05) is 48.5 Å². The first-order chi connectivity index (χ1) is 27.1. The number of rotatable bonds is 6. The molecule has 0 fully saturated rings. The van der Waals surface area contributed by atoms with Crippen LogP contribution in [0.5, 0.6) is 0 Å². The van der Waals surface area contributed by atoms with E-state index in [4.69, 9.17) is 17.2 Å². The predicted molar refractivity (Wildman–Crippen MR) is 217 cm³/mol. The average molecular weight is 746 g/mol. The van der Waals surface area contributed by atoms with Crippen molar-refractivity contribution < 1.29 is 8.78 Å². The Morgan fingerprint density at radius 3 is 1.57 bits per heavy atom. The normalized spacial score (nSPS) is 11.2. The Morgan fingerprint density at radius 2 is 1.04 bits per heavy atom. The van der Waals surface area contributed by atoms with Gasteiger partial charge in [-0.2, -0.15) is 10.2 Å². The van der Waals surface area contributed by atoms with Crippen molar-refractivity contribution >= 4 is 49.9 Å². The van der Waals surface area contributed by atoms with E-state index in [1.54, 1.807) is 60.7 Å². The fourth-order valence-corrected chi connectivity index (χ4v) is 6.75. The number of halogens is 2. The van der Waals surface area contributed by atoms with Gasteiger partial charge in [-0.3, -0.25) is 9.59 Å². The van der Waals surface area contributed by atoms with Crippen molar-refractivity contribution in [3.8, 4) is 22.3 Å². The van der Waals surface area contributed by atoms with Crippen molar-refractivity contribution in [3.05, 3.63) is 176 Å². The van der Waals surface area contributed by atoms with Crippen LogP contribution in [0.4, 0.5) is 26.1 Å². The minimum absolute atomic E-state index is 0.226. The molecule has 0 atom stereocenters. The van der Waals surface area contributed by atoms with E-state index < -0.39 is 0 Å². The summed E-state index contributed by atoms with van der Waals surface area (Å²) in [5, 5.41) is 16.2. The molecule has 0 radical (unpaired) electrons. The van der Waals surface area contributed by atoms with Gasteiger partial charge in [0.25, 0.3) is 11.1 Å². The van der Waals surface area contributed by atoms with Gasteiger partial charge in [-0.05, 0) is 82.9 Å². The number of benzene rings is 6. The molecular formula is C43H33F2N9O2. The zero-order valence-corrected chi connectivity index (χ0v) is 29.6. The van der Waals surface area contributed by atoms with Gasteiger partial charge in [-0.1, -0.05) is 60.7 Å². The quantitative estimate of drug-likeness (QED) is 0.0956. The number of hydrogen-bond acceptors (Lipinski definition) is 8. The van der Waals surface area contributed by atoms with Crippen molar-refractivity contribution in [1.29, 1.82) is 0 Å². The standard InChI is InChI=1S/C22H16FN5O.C21H17FN4O/c23-17-7-5-12(10-19-14-3-1-2-4-15(14)21(29)28-27-19)9-16(17)13-6-8-18-20(11-13)26-22(24)25-18;22-17-7-5-12(9-16(17)13-6-8-18(23)19(24)11-13)10-20-14-3-1-2-4-15(14)21(27)26-25-20/h1-9,11H,10H2,(H,28,29)(H3,24,25,26);1-9,11H,10,23-24H2,(H,26,27). The lowest BCUT2D eigenvalue weighted by Crippen LogP contribution is -2.11. The van der Waals surface area contributed by atoms with Crippen LogP contribution in [0.1, 0.15) is 22.5 Å². The maximum absolute atomic E-state index is 14.6. The molecule has 9 N–H and O–H groups in total. The van der Waals surface area contributed by atoms with Gasteiger partial charge in [-0.15, -0.1) is 0 Å². The first-order valence-corrected chi connectivity index (χ1v) is 17.5. The van der Waals surface area contributed by atoms with Crippen LogP contribution >= 0.6 is 0 Å². The molecule has 3 aromatic heterocycles. The van der Waals surface area contributed by atoms with Crippen LogP contribution in [0.3, 0.4) is 0 Å². The average Bonchev–Trinajstić information content (AvgIpc) is 3.59. The van der Waals surface area contributed by atoms with Gasteiger partial charge in [0, 0.05) is 34.7 Å². The van der Waals surface area contributed by atoms with Gasteiger partial charge in [0.2, 0.25) is 0 Å². The highest BCUT2D eigenvalue weighted by Crippen LogP contribution is 2.30. The SMILES string of the molecule is Nc1ccc(-c2cc(Cc3n[nH]c(=O)c4ccccc34)ccc2F)cc1N.Nc1nc2ccc(-c3cc(Cc4n[nH]c(=O)c5ccccc45)ccc3F)cc2[nH]1.